The first kappa shape index (κ1) is 26.5. The summed E-state index contributed by atoms with van der Waals surface area (Å²) in [6, 6.07) is 58.8. The van der Waals surface area contributed by atoms with Crippen LogP contribution in [-0.2, 0) is 0 Å². The Balaban J connectivity index is 1.18. The van der Waals surface area contributed by atoms with Crippen LogP contribution in [0.2, 0.25) is 0 Å². The lowest BCUT2D eigenvalue weighted by molar-refractivity contribution is 1.69. The van der Waals surface area contributed by atoms with Gasteiger partial charge in [-0.05, 0) is 89.6 Å². The molecule has 2 heteroatoms. The number of hydrogen-bond donors (Lipinski definition) is 0. The lowest BCUT2D eigenvalue weighted by Gasteiger charge is -2.18. The van der Waals surface area contributed by atoms with E-state index < -0.39 is 0 Å². The average Bonchev–Trinajstić information content (AvgIpc) is 3.71. The molecule has 0 saturated carbocycles. The highest BCUT2D eigenvalue weighted by Crippen LogP contribution is 2.49. The molecule has 48 heavy (non-hydrogen) atoms. The monoisotopic (exact) mass is 642 g/mol. The lowest BCUT2D eigenvalue weighted by atomic mass is 9.85. The van der Waals surface area contributed by atoms with Gasteiger partial charge in [0.15, 0.2) is 0 Å². The van der Waals surface area contributed by atoms with E-state index in [0.29, 0.717) is 0 Å². The van der Waals surface area contributed by atoms with Crippen LogP contribution in [0.25, 0.3) is 106 Å². The average molecular weight is 643 g/mol. The molecule has 2 aromatic heterocycles. The van der Waals surface area contributed by atoms with Crippen LogP contribution in [0, 0.1) is 0 Å². The minimum atomic E-state index is 1.26. The quantitative estimate of drug-likeness (QED) is 0.165. The highest BCUT2D eigenvalue weighted by molar-refractivity contribution is 7.28. The number of thiophene rings is 2. The van der Waals surface area contributed by atoms with Crippen LogP contribution in [0.4, 0.5) is 0 Å². The summed E-state index contributed by atoms with van der Waals surface area (Å²) < 4.78 is 5.43. The zero-order chi connectivity index (χ0) is 31.3. The highest BCUT2D eigenvalue weighted by atomic mass is 32.1. The summed E-state index contributed by atoms with van der Waals surface area (Å²) in [5, 5.41) is 15.8. The van der Waals surface area contributed by atoms with Crippen LogP contribution in [0.15, 0.2) is 158 Å². The first-order valence-electron chi connectivity index (χ1n) is 16.4. The predicted molar refractivity (Wildman–Crippen MR) is 213 cm³/mol. The first-order chi connectivity index (χ1) is 23.8. The Hall–Kier alpha value is -5.54. The van der Waals surface area contributed by atoms with E-state index in [1.807, 2.05) is 22.7 Å². The van der Waals surface area contributed by atoms with E-state index in [1.54, 1.807) is 0 Å². The van der Waals surface area contributed by atoms with Crippen LogP contribution >= 0.6 is 22.7 Å². The van der Waals surface area contributed by atoms with Crippen molar-refractivity contribution in [2.45, 2.75) is 0 Å². The topological polar surface area (TPSA) is 0 Å². The molecule has 2 heterocycles. The minimum absolute atomic E-state index is 1.26. The zero-order valence-electron chi connectivity index (χ0n) is 25.8. The van der Waals surface area contributed by atoms with Gasteiger partial charge in [0.25, 0.3) is 0 Å². The minimum Gasteiger partial charge on any atom is -0.135 e. The summed E-state index contributed by atoms with van der Waals surface area (Å²) in [6.07, 6.45) is 0. The van der Waals surface area contributed by atoms with E-state index >= 15 is 0 Å². The van der Waals surface area contributed by atoms with Crippen molar-refractivity contribution in [3.63, 3.8) is 0 Å². The molecule has 11 aromatic rings. The van der Waals surface area contributed by atoms with Gasteiger partial charge < -0.3 is 0 Å². The van der Waals surface area contributed by atoms with Crippen molar-refractivity contribution >= 4 is 106 Å². The molecule has 11 rings (SSSR count). The molecular weight excluding hydrogens is 617 g/mol. The molecule has 0 fully saturated rings. The van der Waals surface area contributed by atoms with Gasteiger partial charge >= 0.3 is 0 Å². The first-order valence-corrected chi connectivity index (χ1v) is 18.1. The molecular formula is C46H26S2. The Morgan fingerprint density at radius 1 is 0.292 bits per heavy atom. The predicted octanol–water partition coefficient (Wildman–Crippen LogP) is 14.4. The molecule has 0 aliphatic carbocycles. The van der Waals surface area contributed by atoms with Crippen molar-refractivity contribution in [3.05, 3.63) is 158 Å². The van der Waals surface area contributed by atoms with Crippen LogP contribution < -0.4 is 0 Å². The Bertz CT molecular complexity index is 3060. The van der Waals surface area contributed by atoms with Crippen LogP contribution in [0.3, 0.4) is 0 Å². The van der Waals surface area contributed by atoms with E-state index in [-0.39, 0.29) is 0 Å². The lowest BCUT2D eigenvalue weighted by Crippen LogP contribution is -1.90. The molecule has 222 valence electrons. The van der Waals surface area contributed by atoms with Gasteiger partial charge in [-0.15, -0.1) is 22.7 Å². The molecule has 0 aliphatic rings. The second-order valence-corrected chi connectivity index (χ2v) is 14.9. The van der Waals surface area contributed by atoms with Crippen molar-refractivity contribution in [1.29, 1.82) is 0 Å². The molecule has 0 saturated heterocycles. The number of hydrogen-bond acceptors (Lipinski definition) is 2. The summed E-state index contributed by atoms with van der Waals surface area (Å²) in [6.45, 7) is 0. The largest absolute Gasteiger partial charge is 0.135 e. The second kappa shape index (κ2) is 9.98. The smallest absolute Gasteiger partial charge is 0.0434 e. The van der Waals surface area contributed by atoms with Crippen LogP contribution in [0.5, 0.6) is 0 Å². The van der Waals surface area contributed by atoms with Crippen molar-refractivity contribution in [2.24, 2.45) is 0 Å². The number of rotatable bonds is 2. The number of benzene rings is 9. The fourth-order valence-corrected chi connectivity index (χ4v) is 10.5. The Morgan fingerprint density at radius 2 is 0.792 bits per heavy atom. The van der Waals surface area contributed by atoms with Crippen molar-refractivity contribution in [3.8, 4) is 22.3 Å². The number of fused-ring (bicyclic) bond motifs is 12. The molecule has 0 N–H and O–H groups in total. The highest BCUT2D eigenvalue weighted by Gasteiger charge is 2.19. The Kier molecular flexibility index (Phi) is 5.51. The molecule has 0 unspecified atom stereocenters. The van der Waals surface area contributed by atoms with E-state index in [4.69, 9.17) is 0 Å². The van der Waals surface area contributed by atoms with Crippen LogP contribution in [-0.4, -0.2) is 0 Å². The van der Waals surface area contributed by atoms with Gasteiger partial charge in [0, 0.05) is 40.3 Å². The molecule has 0 aliphatic heterocycles. The molecule has 0 radical (unpaired) electrons. The third-order valence-electron chi connectivity index (χ3n) is 10.2. The Labute approximate surface area is 284 Å². The normalized spacial score (nSPS) is 12.2. The maximum absolute atomic E-state index is 2.44. The van der Waals surface area contributed by atoms with Gasteiger partial charge in [-0.2, -0.15) is 0 Å². The molecule has 0 amide bonds. The summed E-state index contributed by atoms with van der Waals surface area (Å²) >= 11 is 3.84. The maximum atomic E-state index is 2.44. The standard InChI is InChI=1S/C46H26S2/c1-2-11-29-25-30(18-17-27(29)9-1)42-33-13-5-7-15-35(33)43(36-16-8-6-14-34(36)42)31-20-21-37-41(26-31)47-39-23-24-40-45(44(37)39)38-22-19-28-10-3-4-12-32(28)46(38)48-40/h1-26H. The molecule has 0 bridgehead atoms. The summed E-state index contributed by atoms with van der Waals surface area (Å²) in [4.78, 5) is 0. The summed E-state index contributed by atoms with van der Waals surface area (Å²) in [5.41, 5.74) is 5.14. The Morgan fingerprint density at radius 3 is 1.50 bits per heavy atom. The van der Waals surface area contributed by atoms with Gasteiger partial charge in [-0.1, -0.05) is 133 Å². The molecule has 0 nitrogen and oxygen atoms in total. The zero-order valence-corrected chi connectivity index (χ0v) is 27.5. The van der Waals surface area contributed by atoms with Gasteiger partial charge in [-0.3, -0.25) is 0 Å². The van der Waals surface area contributed by atoms with Gasteiger partial charge in [0.05, 0.1) is 0 Å². The van der Waals surface area contributed by atoms with E-state index in [9.17, 15) is 0 Å². The second-order valence-electron chi connectivity index (χ2n) is 12.8. The van der Waals surface area contributed by atoms with Gasteiger partial charge in [0.1, 0.15) is 0 Å². The van der Waals surface area contributed by atoms with Gasteiger partial charge in [-0.25, -0.2) is 0 Å². The third-order valence-corrected chi connectivity index (χ3v) is 12.5. The van der Waals surface area contributed by atoms with Crippen molar-refractivity contribution < 1.29 is 0 Å². The molecule has 0 atom stereocenters. The maximum Gasteiger partial charge on any atom is 0.0434 e. The molecule has 0 spiro atoms. The van der Waals surface area contributed by atoms with E-state index in [1.165, 1.54) is 106 Å². The van der Waals surface area contributed by atoms with E-state index in [2.05, 4.69) is 158 Å². The third kappa shape index (κ3) is 3.70. The van der Waals surface area contributed by atoms with Crippen molar-refractivity contribution in [1.82, 2.24) is 0 Å². The van der Waals surface area contributed by atoms with Gasteiger partial charge in [0.2, 0.25) is 0 Å². The van der Waals surface area contributed by atoms with E-state index in [0.717, 1.165) is 0 Å². The fourth-order valence-electron chi connectivity index (χ4n) is 8.11. The summed E-state index contributed by atoms with van der Waals surface area (Å²) in [7, 11) is 0. The van der Waals surface area contributed by atoms with Crippen LogP contribution in [0.1, 0.15) is 0 Å². The van der Waals surface area contributed by atoms with Crippen molar-refractivity contribution in [2.75, 3.05) is 0 Å². The summed E-state index contributed by atoms with van der Waals surface area (Å²) in [5.74, 6) is 0. The molecule has 9 aromatic carbocycles. The fraction of sp³-hybridized carbons (Fsp3) is 0. The SMILES string of the molecule is c1ccc2cc(-c3c4ccccc4c(-c4ccc5c(c4)sc4ccc6sc7c8ccccc8ccc7c6c45)c4ccccc34)ccc2c1.